The van der Waals surface area contributed by atoms with E-state index in [-0.39, 0.29) is 12.1 Å². The maximum Gasteiger partial charge on any atom is 0.0661 e. The Morgan fingerprint density at radius 3 is 2.94 bits per heavy atom. The number of nitrogens with one attached hydrogen (secondary N) is 1. The van der Waals surface area contributed by atoms with Gasteiger partial charge in [-0.3, -0.25) is 0 Å². The summed E-state index contributed by atoms with van der Waals surface area (Å²) < 4.78 is 0. The molecule has 2 atom stereocenters. The van der Waals surface area contributed by atoms with E-state index in [2.05, 4.69) is 43.4 Å². The van der Waals surface area contributed by atoms with Crippen LogP contribution in [-0.4, -0.2) is 17.3 Å². The summed E-state index contributed by atoms with van der Waals surface area (Å²) >= 11 is 0. The molecule has 0 aliphatic heterocycles. The van der Waals surface area contributed by atoms with Crippen LogP contribution in [0.3, 0.4) is 0 Å². The summed E-state index contributed by atoms with van der Waals surface area (Å²) in [6.45, 7) is 4.59. The summed E-state index contributed by atoms with van der Waals surface area (Å²) in [4.78, 5) is 0. The van der Waals surface area contributed by atoms with Gasteiger partial charge in [-0.1, -0.05) is 38.3 Å². The van der Waals surface area contributed by atoms with Crippen molar-refractivity contribution in [2.75, 3.05) is 11.9 Å². The van der Waals surface area contributed by atoms with Crippen molar-refractivity contribution in [1.82, 2.24) is 0 Å². The van der Waals surface area contributed by atoms with Gasteiger partial charge in [-0.25, -0.2) is 0 Å². The molecule has 0 saturated heterocycles. The molecule has 1 aromatic rings. The van der Waals surface area contributed by atoms with E-state index in [0.29, 0.717) is 0 Å². The number of aliphatic hydroxyl groups is 1. The van der Waals surface area contributed by atoms with Gasteiger partial charge >= 0.3 is 0 Å². The van der Waals surface area contributed by atoms with E-state index < -0.39 is 0 Å². The molecule has 1 aliphatic carbocycles. The predicted molar refractivity (Wildman–Crippen MR) is 76.9 cm³/mol. The summed E-state index contributed by atoms with van der Waals surface area (Å²) in [5.41, 5.74) is 2.30. The van der Waals surface area contributed by atoms with Crippen molar-refractivity contribution in [2.45, 2.75) is 51.5 Å². The van der Waals surface area contributed by atoms with E-state index in [1.54, 1.807) is 0 Å². The summed E-state index contributed by atoms with van der Waals surface area (Å²) in [6, 6.07) is 8.43. The minimum Gasteiger partial charge on any atom is -0.394 e. The van der Waals surface area contributed by atoms with Crippen LogP contribution in [0.4, 0.5) is 5.69 Å². The largest absolute Gasteiger partial charge is 0.394 e. The zero-order chi connectivity index (χ0) is 13.0. The van der Waals surface area contributed by atoms with Gasteiger partial charge in [0.2, 0.25) is 0 Å². The molecule has 0 radical (unpaired) electrons. The molecule has 2 heteroatoms. The number of hydrogen-bond donors (Lipinski definition) is 2. The molecule has 18 heavy (non-hydrogen) atoms. The molecule has 2 nitrogen and oxygen atoms in total. The summed E-state index contributed by atoms with van der Waals surface area (Å²) in [5, 5.41) is 13.4. The van der Waals surface area contributed by atoms with Crippen LogP contribution < -0.4 is 5.32 Å². The third-order valence-corrected chi connectivity index (χ3v) is 4.25. The maximum absolute atomic E-state index is 9.82. The van der Waals surface area contributed by atoms with Gasteiger partial charge in [0.15, 0.2) is 0 Å². The molecule has 0 bridgehead atoms. The first-order valence-electron chi connectivity index (χ1n) is 7.13. The molecule has 0 aromatic heterocycles. The fourth-order valence-corrected chi connectivity index (χ4v) is 3.16. The van der Waals surface area contributed by atoms with Crippen molar-refractivity contribution in [3.8, 4) is 0 Å². The highest BCUT2D eigenvalue weighted by Crippen LogP contribution is 2.36. The fourth-order valence-electron chi connectivity index (χ4n) is 3.16. The Labute approximate surface area is 110 Å². The van der Waals surface area contributed by atoms with E-state index in [9.17, 15) is 5.11 Å². The number of aliphatic hydroxyl groups excluding tert-OH is 1. The lowest BCUT2D eigenvalue weighted by Crippen LogP contribution is -2.46. The normalized spacial score (nSPS) is 28.1. The third-order valence-electron chi connectivity index (χ3n) is 4.25. The van der Waals surface area contributed by atoms with Crippen molar-refractivity contribution < 1.29 is 5.11 Å². The molecule has 1 aromatic carbocycles. The highest BCUT2D eigenvalue weighted by molar-refractivity contribution is 5.48. The Hall–Kier alpha value is -1.02. The molecule has 2 unspecified atom stereocenters. The molecule has 1 saturated carbocycles. The second-order valence-corrected chi connectivity index (χ2v) is 5.80. The van der Waals surface area contributed by atoms with Gasteiger partial charge in [0, 0.05) is 5.69 Å². The number of rotatable bonds is 4. The van der Waals surface area contributed by atoms with Crippen LogP contribution in [0.1, 0.15) is 44.6 Å². The van der Waals surface area contributed by atoms with Gasteiger partial charge in [-0.2, -0.15) is 0 Å². The summed E-state index contributed by atoms with van der Waals surface area (Å²) in [6.07, 6.45) is 5.92. The summed E-state index contributed by atoms with van der Waals surface area (Å²) in [5.74, 6) is 0.753. The second kappa shape index (κ2) is 5.75. The third kappa shape index (κ3) is 3.05. The summed E-state index contributed by atoms with van der Waals surface area (Å²) in [7, 11) is 0. The number of aryl methyl sites for hydroxylation is 1. The Kier molecular flexibility index (Phi) is 4.28. The highest BCUT2D eigenvalue weighted by atomic mass is 16.3. The first kappa shape index (κ1) is 13.4. The SMILES string of the molecule is CCC1CCCC(CO)(Nc2cccc(C)c2)C1. The average molecular weight is 247 g/mol. The van der Waals surface area contributed by atoms with E-state index in [4.69, 9.17) is 0 Å². The van der Waals surface area contributed by atoms with Crippen molar-refractivity contribution >= 4 is 5.69 Å². The van der Waals surface area contributed by atoms with Crippen LogP contribution in [0.2, 0.25) is 0 Å². The molecule has 2 rings (SSSR count). The van der Waals surface area contributed by atoms with Gasteiger partial charge in [0.1, 0.15) is 0 Å². The Morgan fingerprint density at radius 1 is 1.44 bits per heavy atom. The topological polar surface area (TPSA) is 32.3 Å². The van der Waals surface area contributed by atoms with Crippen LogP contribution in [0.5, 0.6) is 0 Å². The molecule has 1 fully saturated rings. The lowest BCUT2D eigenvalue weighted by molar-refractivity contribution is 0.142. The van der Waals surface area contributed by atoms with Gasteiger partial charge in [0.05, 0.1) is 12.1 Å². The highest BCUT2D eigenvalue weighted by Gasteiger charge is 2.35. The average Bonchev–Trinajstić information content (AvgIpc) is 2.39. The van der Waals surface area contributed by atoms with Crippen LogP contribution in [0, 0.1) is 12.8 Å². The minimum absolute atomic E-state index is 0.104. The molecule has 0 spiro atoms. The van der Waals surface area contributed by atoms with E-state index in [1.165, 1.54) is 24.8 Å². The van der Waals surface area contributed by atoms with Crippen LogP contribution in [-0.2, 0) is 0 Å². The Balaban J connectivity index is 2.12. The van der Waals surface area contributed by atoms with Gasteiger partial charge < -0.3 is 10.4 Å². The van der Waals surface area contributed by atoms with Gasteiger partial charge in [-0.05, 0) is 43.4 Å². The van der Waals surface area contributed by atoms with Crippen LogP contribution in [0.15, 0.2) is 24.3 Å². The molecular formula is C16H25NO. The Bertz CT molecular complexity index is 390. The van der Waals surface area contributed by atoms with E-state index in [1.807, 2.05) is 0 Å². The predicted octanol–water partition coefficient (Wildman–Crippen LogP) is 3.74. The van der Waals surface area contributed by atoms with Gasteiger partial charge in [-0.15, -0.1) is 0 Å². The Morgan fingerprint density at radius 2 is 2.28 bits per heavy atom. The maximum atomic E-state index is 9.82. The number of hydrogen-bond acceptors (Lipinski definition) is 2. The van der Waals surface area contributed by atoms with Crippen molar-refractivity contribution in [1.29, 1.82) is 0 Å². The smallest absolute Gasteiger partial charge is 0.0661 e. The van der Waals surface area contributed by atoms with Crippen LogP contribution >= 0.6 is 0 Å². The lowest BCUT2D eigenvalue weighted by atomic mass is 9.75. The zero-order valence-corrected chi connectivity index (χ0v) is 11.6. The lowest BCUT2D eigenvalue weighted by Gasteiger charge is -2.41. The number of anilines is 1. The van der Waals surface area contributed by atoms with Crippen molar-refractivity contribution in [3.63, 3.8) is 0 Å². The van der Waals surface area contributed by atoms with E-state index >= 15 is 0 Å². The van der Waals surface area contributed by atoms with E-state index in [0.717, 1.165) is 24.4 Å². The first-order chi connectivity index (χ1) is 8.67. The zero-order valence-electron chi connectivity index (χ0n) is 11.6. The first-order valence-corrected chi connectivity index (χ1v) is 7.13. The number of benzene rings is 1. The van der Waals surface area contributed by atoms with Crippen LogP contribution in [0.25, 0.3) is 0 Å². The fraction of sp³-hybridized carbons (Fsp3) is 0.625. The monoisotopic (exact) mass is 247 g/mol. The second-order valence-electron chi connectivity index (χ2n) is 5.80. The standard InChI is InChI=1S/C16H25NO/c1-3-14-7-5-9-16(11-14,12-18)17-15-8-4-6-13(2)10-15/h4,6,8,10,14,17-18H,3,5,7,9,11-12H2,1-2H3. The van der Waals surface area contributed by atoms with Gasteiger partial charge in [0.25, 0.3) is 0 Å². The van der Waals surface area contributed by atoms with Crippen molar-refractivity contribution in [2.24, 2.45) is 5.92 Å². The molecule has 0 heterocycles. The molecule has 2 N–H and O–H groups in total. The molecule has 1 aliphatic rings. The molecular weight excluding hydrogens is 222 g/mol. The minimum atomic E-state index is -0.104. The molecule has 0 amide bonds. The molecule has 100 valence electrons. The van der Waals surface area contributed by atoms with Crippen molar-refractivity contribution in [3.05, 3.63) is 29.8 Å². The quantitative estimate of drug-likeness (QED) is 0.849.